The number of fused-ring (bicyclic) bond motifs is 1. The molecule has 1 fully saturated rings. The number of rotatable bonds is 7. The highest BCUT2D eigenvalue weighted by molar-refractivity contribution is 5.88. The molecule has 1 aliphatic carbocycles. The zero-order valence-corrected chi connectivity index (χ0v) is 16.8. The van der Waals surface area contributed by atoms with Gasteiger partial charge in [0.1, 0.15) is 6.04 Å². The second-order valence-corrected chi connectivity index (χ2v) is 8.10. The van der Waals surface area contributed by atoms with Crippen molar-refractivity contribution in [2.24, 2.45) is 5.92 Å². The molecular weight excluding hydrogens is 354 g/mol. The third-order valence-electron chi connectivity index (χ3n) is 5.21. The minimum atomic E-state index is -0.666. The molecule has 28 heavy (non-hydrogen) atoms. The van der Waals surface area contributed by atoms with Crippen molar-refractivity contribution >= 4 is 22.9 Å². The Kier molecular flexibility index (Phi) is 6.95. The molecule has 0 spiro atoms. The highest BCUT2D eigenvalue weighted by Gasteiger charge is 2.26. The van der Waals surface area contributed by atoms with E-state index in [1.807, 2.05) is 44.3 Å². The number of para-hydroxylation sites is 1. The summed E-state index contributed by atoms with van der Waals surface area (Å²) in [6, 6.07) is 7.49. The Labute approximate surface area is 166 Å². The quantitative estimate of drug-likeness (QED) is 0.676. The van der Waals surface area contributed by atoms with E-state index >= 15 is 0 Å². The molecule has 6 heteroatoms. The van der Waals surface area contributed by atoms with Crippen molar-refractivity contribution in [3.05, 3.63) is 36.0 Å². The predicted molar refractivity (Wildman–Crippen MR) is 110 cm³/mol. The maximum absolute atomic E-state index is 13.0. The van der Waals surface area contributed by atoms with Gasteiger partial charge in [-0.3, -0.25) is 4.79 Å². The lowest BCUT2D eigenvalue weighted by molar-refractivity contribution is -0.124. The van der Waals surface area contributed by atoms with Crippen molar-refractivity contribution in [3.63, 3.8) is 0 Å². The maximum Gasteiger partial charge on any atom is 0.407 e. The molecule has 2 aromatic rings. The molecule has 2 amide bonds. The monoisotopic (exact) mass is 385 g/mol. The number of aromatic nitrogens is 1. The largest absolute Gasteiger partial charge is 0.449 e. The number of carbonyl (C=O) groups is 2. The van der Waals surface area contributed by atoms with Crippen LogP contribution in [0.25, 0.3) is 10.9 Å². The van der Waals surface area contributed by atoms with Crippen LogP contribution >= 0.6 is 0 Å². The standard InChI is InChI=1S/C22H31N3O3/c1-15(2)14-28-22(27)25-20(21(26)24-17-8-4-3-5-9-17)12-16-13-23-19-11-7-6-10-18(16)19/h6-7,10-11,13,15,17,20,23H,3-5,8-9,12,14H2,1-2H3,(H,24,26)(H,25,27)/t20-/m0/s1. The first kappa shape index (κ1) is 20.2. The summed E-state index contributed by atoms with van der Waals surface area (Å²) in [4.78, 5) is 28.4. The number of carbonyl (C=O) groups excluding carboxylic acids is 2. The van der Waals surface area contributed by atoms with Gasteiger partial charge in [0, 0.05) is 29.6 Å². The maximum atomic E-state index is 13.0. The Hall–Kier alpha value is -2.50. The fourth-order valence-electron chi connectivity index (χ4n) is 3.70. The third-order valence-corrected chi connectivity index (χ3v) is 5.21. The van der Waals surface area contributed by atoms with Crippen molar-refractivity contribution in [3.8, 4) is 0 Å². The molecule has 1 atom stereocenters. The molecule has 6 nitrogen and oxygen atoms in total. The first-order chi connectivity index (χ1) is 13.5. The summed E-state index contributed by atoms with van der Waals surface area (Å²) in [7, 11) is 0. The molecule has 1 aromatic carbocycles. The summed E-state index contributed by atoms with van der Waals surface area (Å²) in [6.07, 6.45) is 7.30. The van der Waals surface area contributed by atoms with Gasteiger partial charge in [-0.25, -0.2) is 4.79 Å². The van der Waals surface area contributed by atoms with E-state index in [-0.39, 0.29) is 17.9 Å². The van der Waals surface area contributed by atoms with Crippen LogP contribution in [0.5, 0.6) is 0 Å². The van der Waals surface area contributed by atoms with Crippen molar-refractivity contribution in [1.29, 1.82) is 0 Å². The first-order valence-corrected chi connectivity index (χ1v) is 10.3. The van der Waals surface area contributed by atoms with E-state index in [4.69, 9.17) is 4.74 Å². The van der Waals surface area contributed by atoms with Crippen LogP contribution in [-0.2, 0) is 16.0 Å². The minimum Gasteiger partial charge on any atom is -0.449 e. The molecule has 1 heterocycles. The van der Waals surface area contributed by atoms with Gasteiger partial charge in [-0.05, 0) is 30.4 Å². The zero-order valence-electron chi connectivity index (χ0n) is 16.8. The third kappa shape index (κ3) is 5.50. The van der Waals surface area contributed by atoms with Crippen LogP contribution in [0.2, 0.25) is 0 Å². The smallest absolute Gasteiger partial charge is 0.407 e. The van der Waals surface area contributed by atoms with Crippen LogP contribution in [0.15, 0.2) is 30.5 Å². The molecule has 3 rings (SSSR count). The van der Waals surface area contributed by atoms with Gasteiger partial charge >= 0.3 is 6.09 Å². The molecule has 0 aliphatic heterocycles. The van der Waals surface area contributed by atoms with Crippen LogP contribution in [0.4, 0.5) is 4.79 Å². The Morgan fingerprint density at radius 2 is 1.93 bits per heavy atom. The molecular formula is C22H31N3O3. The number of hydrogen-bond acceptors (Lipinski definition) is 3. The molecule has 1 saturated carbocycles. The SMILES string of the molecule is CC(C)COC(=O)N[C@@H](Cc1c[nH]c2ccccc12)C(=O)NC1CCCCC1. The lowest BCUT2D eigenvalue weighted by atomic mass is 9.95. The first-order valence-electron chi connectivity index (χ1n) is 10.3. The van der Waals surface area contributed by atoms with Crippen LogP contribution in [0.3, 0.4) is 0 Å². The Morgan fingerprint density at radius 3 is 2.68 bits per heavy atom. The summed E-state index contributed by atoms with van der Waals surface area (Å²) in [5.41, 5.74) is 2.02. The fourth-order valence-corrected chi connectivity index (χ4v) is 3.70. The van der Waals surface area contributed by atoms with Crippen molar-refractivity contribution < 1.29 is 14.3 Å². The number of nitrogens with one attached hydrogen (secondary N) is 3. The number of ether oxygens (including phenoxy) is 1. The molecule has 152 valence electrons. The highest BCUT2D eigenvalue weighted by atomic mass is 16.5. The fraction of sp³-hybridized carbons (Fsp3) is 0.545. The summed E-state index contributed by atoms with van der Waals surface area (Å²) in [5, 5.41) is 6.97. The predicted octanol–water partition coefficient (Wildman–Crippen LogP) is 3.91. The van der Waals surface area contributed by atoms with Gasteiger partial charge in [0.2, 0.25) is 5.91 Å². The minimum absolute atomic E-state index is 0.140. The molecule has 1 aromatic heterocycles. The topological polar surface area (TPSA) is 83.2 Å². The van der Waals surface area contributed by atoms with E-state index in [9.17, 15) is 9.59 Å². The summed E-state index contributed by atoms with van der Waals surface area (Å²) in [6.45, 7) is 4.29. The number of H-pyrrole nitrogens is 1. The van der Waals surface area contributed by atoms with Gasteiger partial charge < -0.3 is 20.4 Å². The Bertz CT molecular complexity index is 793. The summed E-state index contributed by atoms with van der Waals surface area (Å²) in [5.74, 6) is 0.104. The molecule has 0 bridgehead atoms. The lowest BCUT2D eigenvalue weighted by Crippen LogP contribution is -2.51. The van der Waals surface area contributed by atoms with Crippen LogP contribution in [0.1, 0.15) is 51.5 Å². The average Bonchev–Trinajstić information content (AvgIpc) is 3.09. The van der Waals surface area contributed by atoms with Crippen LogP contribution in [-0.4, -0.2) is 35.7 Å². The summed E-state index contributed by atoms with van der Waals surface area (Å²) < 4.78 is 5.24. The van der Waals surface area contributed by atoms with E-state index in [1.165, 1.54) is 6.42 Å². The Morgan fingerprint density at radius 1 is 1.18 bits per heavy atom. The van der Waals surface area contributed by atoms with E-state index in [2.05, 4.69) is 15.6 Å². The van der Waals surface area contributed by atoms with Gasteiger partial charge in [-0.2, -0.15) is 0 Å². The number of benzene rings is 1. The van der Waals surface area contributed by atoms with Gasteiger partial charge in [0.15, 0.2) is 0 Å². The van der Waals surface area contributed by atoms with Crippen molar-refractivity contribution in [2.45, 2.75) is 64.5 Å². The second kappa shape index (κ2) is 9.62. The molecule has 0 unspecified atom stereocenters. The van der Waals surface area contributed by atoms with Gasteiger partial charge in [0.25, 0.3) is 0 Å². The molecule has 3 N–H and O–H groups in total. The lowest BCUT2D eigenvalue weighted by Gasteiger charge is -2.26. The molecule has 0 saturated heterocycles. The van der Waals surface area contributed by atoms with Gasteiger partial charge in [-0.1, -0.05) is 51.3 Å². The van der Waals surface area contributed by atoms with Crippen LogP contribution in [0, 0.1) is 5.92 Å². The van der Waals surface area contributed by atoms with Gasteiger partial charge in [-0.15, -0.1) is 0 Å². The summed E-state index contributed by atoms with van der Waals surface area (Å²) >= 11 is 0. The number of hydrogen-bond donors (Lipinski definition) is 3. The number of aromatic amines is 1. The Balaban J connectivity index is 1.71. The van der Waals surface area contributed by atoms with E-state index in [0.717, 1.165) is 42.1 Å². The number of alkyl carbamates (subject to hydrolysis) is 1. The second-order valence-electron chi connectivity index (χ2n) is 8.10. The molecule has 0 radical (unpaired) electrons. The zero-order chi connectivity index (χ0) is 19.9. The highest BCUT2D eigenvalue weighted by Crippen LogP contribution is 2.20. The van der Waals surface area contributed by atoms with Crippen molar-refractivity contribution in [1.82, 2.24) is 15.6 Å². The van der Waals surface area contributed by atoms with E-state index in [0.29, 0.717) is 13.0 Å². The normalized spacial score (nSPS) is 16.1. The molecule has 1 aliphatic rings. The van der Waals surface area contributed by atoms with Crippen molar-refractivity contribution in [2.75, 3.05) is 6.61 Å². The van der Waals surface area contributed by atoms with E-state index < -0.39 is 12.1 Å². The van der Waals surface area contributed by atoms with E-state index in [1.54, 1.807) is 0 Å². The van der Waals surface area contributed by atoms with Crippen LogP contribution < -0.4 is 10.6 Å². The number of amides is 2. The average molecular weight is 386 g/mol. The van der Waals surface area contributed by atoms with Gasteiger partial charge in [0.05, 0.1) is 6.61 Å².